The van der Waals surface area contributed by atoms with Gasteiger partial charge in [-0.05, 0) is 19.8 Å². The van der Waals surface area contributed by atoms with Crippen molar-refractivity contribution in [3.63, 3.8) is 0 Å². The van der Waals surface area contributed by atoms with Gasteiger partial charge in [0.1, 0.15) is 0 Å². The average molecular weight is 311 g/mol. The van der Waals surface area contributed by atoms with E-state index >= 15 is 0 Å². The number of ether oxygens (including phenoxy) is 2. The second kappa shape index (κ2) is 6.82. The number of unbranched alkanes of at least 4 members (excludes halogenated alkanes) is 1. The summed E-state index contributed by atoms with van der Waals surface area (Å²) in [6.45, 7) is 1.54. The normalized spacial score (nSPS) is 15.5. The summed E-state index contributed by atoms with van der Waals surface area (Å²) >= 11 is 0. The van der Waals surface area contributed by atoms with E-state index in [0.29, 0.717) is 0 Å². The predicted molar refractivity (Wildman–Crippen MR) is 55.9 cm³/mol. The van der Waals surface area contributed by atoms with Crippen molar-refractivity contribution >= 4 is 10.1 Å². The van der Waals surface area contributed by atoms with Crippen LogP contribution in [0.15, 0.2) is 0 Å². The molecule has 0 aromatic rings. The van der Waals surface area contributed by atoms with Gasteiger partial charge in [-0.15, -0.1) is 0 Å². The first-order valence-electron chi connectivity index (χ1n) is 5.31. The lowest BCUT2D eigenvalue weighted by atomic mass is 10.1. The summed E-state index contributed by atoms with van der Waals surface area (Å²) in [5.41, 5.74) is 0. The van der Waals surface area contributed by atoms with Gasteiger partial charge in [0.15, 0.2) is 16.4 Å². The van der Waals surface area contributed by atoms with Gasteiger partial charge in [-0.3, -0.25) is 0 Å². The molecule has 0 amide bonds. The monoisotopic (exact) mass is 311 g/mol. The van der Waals surface area contributed by atoms with Gasteiger partial charge in [0.05, 0.1) is 0 Å². The molecule has 0 heterocycles. The molecule has 0 aliphatic heterocycles. The maximum atomic E-state index is 13.0. The van der Waals surface area contributed by atoms with Crippen LogP contribution in [-0.4, -0.2) is 44.2 Å². The summed E-state index contributed by atoms with van der Waals surface area (Å²) in [6.07, 6.45) is -2.41. The van der Waals surface area contributed by atoms with Crippen LogP contribution in [0.2, 0.25) is 0 Å². The Kier molecular flexibility index (Phi) is 6.66. The molecule has 0 fully saturated rings. The van der Waals surface area contributed by atoms with Crippen molar-refractivity contribution < 1.29 is 40.0 Å². The molecule has 19 heavy (non-hydrogen) atoms. The third kappa shape index (κ3) is 5.21. The van der Waals surface area contributed by atoms with Crippen LogP contribution in [0.25, 0.3) is 0 Å². The van der Waals surface area contributed by atoms with Crippen molar-refractivity contribution in [2.24, 2.45) is 0 Å². The van der Waals surface area contributed by atoms with E-state index in [4.69, 9.17) is 4.74 Å². The summed E-state index contributed by atoms with van der Waals surface area (Å²) in [7, 11) is -5.05. The second-order valence-electron chi connectivity index (χ2n) is 3.81. The second-order valence-corrected chi connectivity index (χ2v) is 5.23. The van der Waals surface area contributed by atoms with E-state index < -0.39 is 40.4 Å². The van der Waals surface area contributed by atoms with Gasteiger partial charge in [-0.2, -0.15) is 17.6 Å². The van der Waals surface area contributed by atoms with Crippen molar-refractivity contribution in [1.82, 2.24) is 0 Å². The molecule has 0 spiro atoms. The van der Waals surface area contributed by atoms with Crippen LogP contribution in [0.5, 0.6) is 0 Å². The molecule has 0 saturated carbocycles. The molecule has 5 nitrogen and oxygen atoms in total. The van der Waals surface area contributed by atoms with Gasteiger partial charge in [-0.25, -0.2) is 8.42 Å². The molecule has 0 saturated heterocycles. The fourth-order valence-corrected chi connectivity index (χ4v) is 1.56. The maximum Gasteiger partial charge on any atom is 0.396 e. The number of methoxy groups -OCH3 is 1. The Balaban J connectivity index is 4.26. The molecule has 0 bridgehead atoms. The van der Waals surface area contributed by atoms with Crippen LogP contribution in [0.4, 0.5) is 17.6 Å². The fourth-order valence-electron chi connectivity index (χ4n) is 1.09. The fraction of sp³-hybridized carbons (Fsp3) is 1.00. The Bertz CT molecular complexity index is 371. The summed E-state index contributed by atoms with van der Waals surface area (Å²) in [6, 6.07) is 0. The molecule has 0 rings (SSSR count). The van der Waals surface area contributed by atoms with Gasteiger partial charge in [-0.1, -0.05) is 0 Å². The number of hydrogen-bond acceptors (Lipinski definition) is 5. The van der Waals surface area contributed by atoms with E-state index in [1.807, 2.05) is 0 Å². The predicted octanol–water partition coefficient (Wildman–Crippen LogP) is 1.94. The van der Waals surface area contributed by atoms with Crippen LogP contribution >= 0.6 is 0 Å². The molecule has 0 aliphatic rings. The molecule has 0 radical (unpaired) electrons. The van der Waals surface area contributed by atoms with E-state index in [1.165, 1.54) is 7.11 Å². The quantitative estimate of drug-likeness (QED) is 0.281. The molecular formula is C9H15F4O5S-. The lowest BCUT2D eigenvalue weighted by Gasteiger charge is -2.28. The van der Waals surface area contributed by atoms with Crippen LogP contribution in [0.1, 0.15) is 26.2 Å². The molecule has 0 aromatic carbocycles. The summed E-state index contributed by atoms with van der Waals surface area (Å²) < 4.78 is 91.2. The first-order valence-corrected chi connectivity index (χ1v) is 6.72. The SMILES string of the molecule is COC(C)OCCCCC(F)(F)C(F)(F)S(=O)(=O)[O-]. The van der Waals surface area contributed by atoms with E-state index in [1.54, 1.807) is 6.92 Å². The van der Waals surface area contributed by atoms with Crippen molar-refractivity contribution in [3.05, 3.63) is 0 Å². The topological polar surface area (TPSA) is 75.7 Å². The van der Waals surface area contributed by atoms with Crippen molar-refractivity contribution in [2.75, 3.05) is 13.7 Å². The zero-order valence-corrected chi connectivity index (χ0v) is 11.2. The Morgan fingerprint density at radius 2 is 1.74 bits per heavy atom. The minimum Gasteiger partial charge on any atom is -0.743 e. The first-order chi connectivity index (χ1) is 8.45. The Hall–Kier alpha value is -0.450. The standard InChI is InChI=1S/C9H16F4O5S/c1-7(17-2)18-6-4-3-5-8(10,11)9(12,13)19(14,15)16/h7H,3-6H2,1-2H3,(H,14,15,16)/p-1. The Labute approximate surface area is 108 Å². The summed E-state index contributed by atoms with van der Waals surface area (Å²) in [5.74, 6) is -4.90. The maximum absolute atomic E-state index is 13.0. The highest BCUT2D eigenvalue weighted by atomic mass is 32.2. The largest absolute Gasteiger partial charge is 0.743 e. The smallest absolute Gasteiger partial charge is 0.396 e. The highest BCUT2D eigenvalue weighted by molar-refractivity contribution is 7.86. The van der Waals surface area contributed by atoms with Gasteiger partial charge < -0.3 is 14.0 Å². The van der Waals surface area contributed by atoms with E-state index in [0.717, 1.165) is 0 Å². The van der Waals surface area contributed by atoms with Crippen LogP contribution in [0, 0.1) is 0 Å². The zero-order chi connectivity index (χ0) is 15.3. The molecule has 1 atom stereocenters. The number of alkyl halides is 4. The lowest BCUT2D eigenvalue weighted by Crippen LogP contribution is -2.46. The molecule has 0 aromatic heterocycles. The Morgan fingerprint density at radius 1 is 1.21 bits per heavy atom. The van der Waals surface area contributed by atoms with Crippen molar-refractivity contribution in [3.8, 4) is 0 Å². The van der Waals surface area contributed by atoms with Gasteiger partial charge in [0, 0.05) is 20.1 Å². The minimum atomic E-state index is -6.40. The van der Waals surface area contributed by atoms with Gasteiger partial charge in [0.25, 0.3) is 0 Å². The van der Waals surface area contributed by atoms with Crippen molar-refractivity contribution in [1.29, 1.82) is 0 Å². The van der Waals surface area contributed by atoms with E-state index in [-0.39, 0.29) is 13.0 Å². The third-order valence-corrected chi connectivity index (χ3v) is 3.24. The summed E-state index contributed by atoms with van der Waals surface area (Å²) in [5, 5.41) is -5.61. The van der Waals surface area contributed by atoms with Crippen LogP contribution in [-0.2, 0) is 19.6 Å². The van der Waals surface area contributed by atoms with Crippen LogP contribution in [0.3, 0.4) is 0 Å². The molecule has 0 aliphatic carbocycles. The van der Waals surface area contributed by atoms with Crippen LogP contribution < -0.4 is 0 Å². The number of halogens is 4. The molecule has 10 heteroatoms. The van der Waals surface area contributed by atoms with Crippen molar-refractivity contribution in [2.45, 2.75) is 43.7 Å². The van der Waals surface area contributed by atoms with Gasteiger partial charge in [0.2, 0.25) is 0 Å². The zero-order valence-electron chi connectivity index (χ0n) is 10.4. The Morgan fingerprint density at radius 3 is 2.16 bits per heavy atom. The molecule has 1 unspecified atom stereocenters. The van der Waals surface area contributed by atoms with E-state index in [2.05, 4.69) is 4.74 Å². The first kappa shape index (κ1) is 18.6. The number of hydrogen-bond donors (Lipinski definition) is 0. The highest BCUT2D eigenvalue weighted by Crippen LogP contribution is 2.41. The third-order valence-electron chi connectivity index (χ3n) is 2.31. The number of rotatable bonds is 9. The molecule has 116 valence electrons. The average Bonchev–Trinajstić information content (AvgIpc) is 2.26. The minimum absolute atomic E-state index is 0.00171. The van der Waals surface area contributed by atoms with Gasteiger partial charge >= 0.3 is 11.2 Å². The lowest BCUT2D eigenvalue weighted by molar-refractivity contribution is -0.166. The summed E-state index contributed by atoms with van der Waals surface area (Å²) in [4.78, 5) is 0. The highest BCUT2D eigenvalue weighted by Gasteiger charge is 2.60. The molecule has 0 N–H and O–H groups in total. The van der Waals surface area contributed by atoms with E-state index in [9.17, 15) is 30.5 Å². The molecular weight excluding hydrogens is 296 g/mol.